The number of benzene rings is 1. The lowest BCUT2D eigenvalue weighted by Gasteiger charge is -2.11. The van der Waals surface area contributed by atoms with Gasteiger partial charge in [0.1, 0.15) is 0 Å². The largest absolute Gasteiger partial charge is 0.493 e. The zero-order chi connectivity index (χ0) is 13.4. The van der Waals surface area contributed by atoms with Gasteiger partial charge in [0, 0.05) is 13.1 Å². The Labute approximate surface area is 113 Å². The monoisotopic (exact) mass is 266 g/mol. The van der Waals surface area contributed by atoms with Gasteiger partial charge in [-0.3, -0.25) is 0 Å². The molecule has 0 unspecified atom stereocenters. The minimum atomic E-state index is 0.602. The molecule has 1 aromatic carbocycles. The molecule has 0 saturated heterocycles. The number of ether oxygens (including phenoxy) is 2. The van der Waals surface area contributed by atoms with E-state index in [9.17, 15) is 0 Å². The van der Waals surface area contributed by atoms with E-state index in [-0.39, 0.29) is 0 Å². The molecule has 0 aliphatic rings. The van der Waals surface area contributed by atoms with E-state index in [1.165, 1.54) is 0 Å². The van der Waals surface area contributed by atoms with E-state index in [0.29, 0.717) is 29.7 Å². The maximum Gasteiger partial charge on any atom is 0.166 e. The second-order valence-corrected chi connectivity index (χ2v) is 3.95. The second kappa shape index (κ2) is 7.55. The lowest BCUT2D eigenvalue weighted by atomic mass is 10.2. The highest BCUT2D eigenvalue weighted by Gasteiger charge is 2.04. The highest BCUT2D eigenvalue weighted by molar-refractivity contribution is 7.80. The fourth-order valence-corrected chi connectivity index (χ4v) is 1.56. The SMILES string of the molecule is C=CCNC(=S)NCc1ccc(OC)c(OC)c1. The maximum atomic E-state index is 5.23. The van der Waals surface area contributed by atoms with Crippen molar-refractivity contribution in [3.8, 4) is 11.5 Å². The molecule has 0 fully saturated rings. The van der Waals surface area contributed by atoms with Gasteiger partial charge in [0.2, 0.25) is 0 Å². The summed E-state index contributed by atoms with van der Waals surface area (Å²) in [6, 6.07) is 5.75. The number of hydrogen-bond acceptors (Lipinski definition) is 3. The Morgan fingerprint density at radius 3 is 2.61 bits per heavy atom. The molecule has 0 radical (unpaired) electrons. The van der Waals surface area contributed by atoms with Gasteiger partial charge in [0.25, 0.3) is 0 Å². The van der Waals surface area contributed by atoms with Crippen LogP contribution in [-0.4, -0.2) is 25.9 Å². The molecule has 18 heavy (non-hydrogen) atoms. The van der Waals surface area contributed by atoms with Gasteiger partial charge in [0.05, 0.1) is 14.2 Å². The van der Waals surface area contributed by atoms with Crippen molar-refractivity contribution >= 4 is 17.3 Å². The van der Waals surface area contributed by atoms with Crippen molar-refractivity contribution in [1.82, 2.24) is 10.6 Å². The average Bonchev–Trinajstić information content (AvgIpc) is 2.42. The van der Waals surface area contributed by atoms with Crippen LogP contribution < -0.4 is 20.1 Å². The summed E-state index contributed by atoms with van der Waals surface area (Å²) in [4.78, 5) is 0. The Morgan fingerprint density at radius 2 is 2.00 bits per heavy atom. The summed E-state index contributed by atoms with van der Waals surface area (Å²) in [5, 5.41) is 6.70. The molecule has 1 rings (SSSR count). The van der Waals surface area contributed by atoms with Crippen LogP contribution in [0.1, 0.15) is 5.56 Å². The summed E-state index contributed by atoms with van der Waals surface area (Å²) >= 11 is 5.10. The Balaban J connectivity index is 2.57. The van der Waals surface area contributed by atoms with Gasteiger partial charge in [-0.1, -0.05) is 12.1 Å². The zero-order valence-corrected chi connectivity index (χ0v) is 11.5. The topological polar surface area (TPSA) is 42.5 Å². The van der Waals surface area contributed by atoms with E-state index >= 15 is 0 Å². The molecule has 0 saturated carbocycles. The quantitative estimate of drug-likeness (QED) is 0.607. The van der Waals surface area contributed by atoms with Gasteiger partial charge < -0.3 is 20.1 Å². The third kappa shape index (κ3) is 4.25. The molecular formula is C13H18N2O2S. The van der Waals surface area contributed by atoms with Gasteiger partial charge in [-0.25, -0.2) is 0 Å². The first-order valence-corrected chi connectivity index (χ1v) is 5.95. The third-order valence-corrected chi connectivity index (χ3v) is 2.60. The van der Waals surface area contributed by atoms with Gasteiger partial charge >= 0.3 is 0 Å². The van der Waals surface area contributed by atoms with E-state index in [1.54, 1.807) is 20.3 Å². The summed E-state index contributed by atoms with van der Waals surface area (Å²) in [5.41, 5.74) is 1.07. The minimum Gasteiger partial charge on any atom is -0.493 e. The Hall–Kier alpha value is -1.75. The molecule has 2 N–H and O–H groups in total. The predicted molar refractivity (Wildman–Crippen MR) is 77.2 cm³/mol. The van der Waals surface area contributed by atoms with Crippen molar-refractivity contribution in [2.45, 2.75) is 6.54 Å². The number of rotatable bonds is 6. The van der Waals surface area contributed by atoms with Crippen molar-refractivity contribution in [3.05, 3.63) is 36.4 Å². The third-order valence-electron chi connectivity index (χ3n) is 2.31. The van der Waals surface area contributed by atoms with Crippen LogP contribution in [0.3, 0.4) is 0 Å². The molecule has 0 atom stereocenters. The van der Waals surface area contributed by atoms with Gasteiger partial charge in [-0.15, -0.1) is 6.58 Å². The fraction of sp³-hybridized carbons (Fsp3) is 0.308. The van der Waals surface area contributed by atoms with Crippen LogP contribution in [0.25, 0.3) is 0 Å². The molecule has 0 bridgehead atoms. The number of methoxy groups -OCH3 is 2. The van der Waals surface area contributed by atoms with Crippen LogP contribution in [0.5, 0.6) is 11.5 Å². The minimum absolute atomic E-state index is 0.602. The van der Waals surface area contributed by atoms with Crippen LogP contribution in [0.15, 0.2) is 30.9 Å². The van der Waals surface area contributed by atoms with E-state index in [2.05, 4.69) is 17.2 Å². The van der Waals surface area contributed by atoms with Gasteiger partial charge in [0.15, 0.2) is 16.6 Å². The molecular weight excluding hydrogens is 248 g/mol. The summed E-state index contributed by atoms with van der Waals surface area (Å²) in [6.45, 7) is 4.89. The Morgan fingerprint density at radius 1 is 1.28 bits per heavy atom. The molecule has 0 aliphatic heterocycles. The molecule has 0 aromatic heterocycles. The molecule has 0 aliphatic carbocycles. The van der Waals surface area contributed by atoms with Crippen molar-refractivity contribution in [1.29, 1.82) is 0 Å². The number of nitrogens with one attached hydrogen (secondary N) is 2. The summed E-state index contributed by atoms with van der Waals surface area (Å²) in [5.74, 6) is 1.43. The standard InChI is InChI=1S/C13H18N2O2S/c1-4-7-14-13(18)15-9-10-5-6-11(16-2)12(8-10)17-3/h4-6,8H,1,7,9H2,2-3H3,(H2,14,15,18). The van der Waals surface area contributed by atoms with Crippen LogP contribution in [0.4, 0.5) is 0 Å². The predicted octanol–water partition coefficient (Wildman–Crippen LogP) is 1.85. The molecule has 0 heterocycles. The zero-order valence-electron chi connectivity index (χ0n) is 10.7. The second-order valence-electron chi connectivity index (χ2n) is 3.54. The summed E-state index contributed by atoms with van der Waals surface area (Å²) in [7, 11) is 3.23. The van der Waals surface area contributed by atoms with Crippen molar-refractivity contribution in [2.24, 2.45) is 0 Å². The van der Waals surface area contributed by atoms with Crippen LogP contribution in [0.2, 0.25) is 0 Å². The molecule has 0 amide bonds. The highest BCUT2D eigenvalue weighted by atomic mass is 32.1. The smallest absolute Gasteiger partial charge is 0.166 e. The van der Waals surface area contributed by atoms with Crippen LogP contribution in [0, 0.1) is 0 Å². The average molecular weight is 266 g/mol. The normalized spacial score (nSPS) is 9.44. The number of thiocarbonyl (C=S) groups is 1. The molecule has 98 valence electrons. The van der Waals surface area contributed by atoms with Crippen molar-refractivity contribution in [2.75, 3.05) is 20.8 Å². The van der Waals surface area contributed by atoms with E-state index in [0.717, 1.165) is 5.56 Å². The van der Waals surface area contributed by atoms with Crippen LogP contribution >= 0.6 is 12.2 Å². The fourth-order valence-electron chi connectivity index (χ4n) is 1.40. The van der Waals surface area contributed by atoms with Crippen LogP contribution in [-0.2, 0) is 6.54 Å². The maximum absolute atomic E-state index is 5.23. The van der Waals surface area contributed by atoms with E-state index in [4.69, 9.17) is 21.7 Å². The molecule has 4 nitrogen and oxygen atoms in total. The first-order chi connectivity index (χ1) is 8.71. The van der Waals surface area contributed by atoms with Crippen molar-refractivity contribution in [3.63, 3.8) is 0 Å². The summed E-state index contributed by atoms with van der Waals surface area (Å²) < 4.78 is 10.4. The number of hydrogen-bond donors (Lipinski definition) is 2. The molecule has 0 spiro atoms. The highest BCUT2D eigenvalue weighted by Crippen LogP contribution is 2.27. The Bertz CT molecular complexity index is 421. The lowest BCUT2D eigenvalue weighted by Crippen LogP contribution is -2.34. The van der Waals surface area contributed by atoms with Gasteiger partial charge in [-0.05, 0) is 29.9 Å². The molecule has 1 aromatic rings. The lowest BCUT2D eigenvalue weighted by molar-refractivity contribution is 0.354. The first kappa shape index (κ1) is 14.3. The van der Waals surface area contributed by atoms with E-state index in [1.807, 2.05) is 18.2 Å². The van der Waals surface area contributed by atoms with Crippen molar-refractivity contribution < 1.29 is 9.47 Å². The van der Waals surface area contributed by atoms with Gasteiger partial charge in [-0.2, -0.15) is 0 Å². The molecule has 5 heteroatoms. The first-order valence-electron chi connectivity index (χ1n) is 5.54. The van der Waals surface area contributed by atoms with E-state index < -0.39 is 0 Å². The summed E-state index contributed by atoms with van der Waals surface area (Å²) in [6.07, 6.45) is 1.75. The Kier molecular flexibility index (Phi) is 6.00.